The van der Waals surface area contributed by atoms with Gasteiger partial charge in [0.1, 0.15) is 6.07 Å². The van der Waals surface area contributed by atoms with Crippen LogP contribution < -0.4 is 19.9 Å². The monoisotopic (exact) mass is 337 g/mol. The molecule has 0 atom stereocenters. The summed E-state index contributed by atoms with van der Waals surface area (Å²) in [7, 11) is 4.56. The Bertz CT molecular complexity index is 885. The van der Waals surface area contributed by atoms with E-state index in [0.29, 0.717) is 17.2 Å². The smallest absolute Gasteiger partial charge is 0.312 e. The third kappa shape index (κ3) is 3.59. The molecule has 8 nitrogen and oxygen atoms in total. The van der Waals surface area contributed by atoms with E-state index >= 15 is 0 Å². The highest BCUT2D eigenvalue weighted by Gasteiger charge is 2.14. The fourth-order valence-corrected chi connectivity index (χ4v) is 2.11. The highest BCUT2D eigenvalue weighted by atomic mass is 16.5. The van der Waals surface area contributed by atoms with Crippen LogP contribution in [0.5, 0.6) is 17.2 Å². The molecular formula is C17H15N5O3. The fourth-order valence-electron chi connectivity index (χ4n) is 2.11. The molecule has 0 aliphatic rings. The maximum atomic E-state index is 9.16. The molecule has 0 saturated carbocycles. The Hall–Kier alpha value is -3.78. The van der Waals surface area contributed by atoms with Gasteiger partial charge in [-0.2, -0.15) is 5.26 Å². The molecule has 0 fully saturated rings. The Morgan fingerprint density at radius 2 is 1.76 bits per heavy atom. The lowest BCUT2D eigenvalue weighted by molar-refractivity contribution is 0.324. The number of benzene rings is 1. The molecule has 1 aromatic carbocycles. The summed E-state index contributed by atoms with van der Waals surface area (Å²) in [4.78, 5) is 11.1. The van der Waals surface area contributed by atoms with E-state index in [9.17, 15) is 0 Å². The van der Waals surface area contributed by atoms with Gasteiger partial charge in [0, 0.05) is 0 Å². The van der Waals surface area contributed by atoms with Gasteiger partial charge in [-0.15, -0.1) is 4.98 Å². The molecule has 0 spiro atoms. The van der Waals surface area contributed by atoms with Crippen LogP contribution in [0.15, 0.2) is 12.1 Å². The van der Waals surface area contributed by atoms with Crippen molar-refractivity contribution in [3.63, 3.8) is 0 Å². The Labute approximate surface area is 144 Å². The summed E-state index contributed by atoms with van der Waals surface area (Å²) in [5, 5.41) is 9.16. The molecule has 2 aromatic rings. The molecule has 0 radical (unpaired) electrons. The van der Waals surface area contributed by atoms with Crippen LogP contribution in [0.2, 0.25) is 0 Å². The molecule has 0 bridgehead atoms. The zero-order chi connectivity index (χ0) is 18.4. The van der Waals surface area contributed by atoms with Crippen molar-refractivity contribution in [2.24, 2.45) is 0 Å². The van der Waals surface area contributed by atoms with E-state index in [0.717, 1.165) is 5.56 Å². The summed E-state index contributed by atoms with van der Waals surface area (Å²) in [5.74, 6) is 1.34. The second-order valence-electron chi connectivity index (χ2n) is 4.68. The van der Waals surface area contributed by atoms with Crippen molar-refractivity contribution >= 4 is 23.8 Å². The van der Waals surface area contributed by atoms with E-state index in [1.165, 1.54) is 21.3 Å². The molecule has 0 unspecified atom stereocenters. The minimum Gasteiger partial charge on any atom is -0.493 e. The number of rotatable bonds is 5. The zero-order valence-corrected chi connectivity index (χ0v) is 13.9. The van der Waals surface area contributed by atoms with Crippen LogP contribution in [-0.4, -0.2) is 31.3 Å². The summed E-state index contributed by atoms with van der Waals surface area (Å²) < 4.78 is 15.9. The first-order valence-electron chi connectivity index (χ1n) is 7.01. The van der Waals surface area contributed by atoms with E-state index in [1.54, 1.807) is 24.3 Å². The van der Waals surface area contributed by atoms with Crippen LogP contribution in [0, 0.1) is 17.9 Å². The number of nitriles is 1. The van der Waals surface area contributed by atoms with Gasteiger partial charge in [-0.25, -0.2) is 4.98 Å². The lowest BCUT2D eigenvalue weighted by Crippen LogP contribution is -1.99. The largest absolute Gasteiger partial charge is 0.493 e. The van der Waals surface area contributed by atoms with Crippen LogP contribution in [0.1, 0.15) is 17.0 Å². The number of hydrogen-bond acceptors (Lipinski definition) is 7. The van der Waals surface area contributed by atoms with Crippen molar-refractivity contribution < 1.29 is 14.2 Å². The second-order valence-corrected chi connectivity index (χ2v) is 4.68. The molecule has 1 aromatic heterocycles. The van der Waals surface area contributed by atoms with Gasteiger partial charge in [0.2, 0.25) is 5.75 Å². The van der Waals surface area contributed by atoms with Crippen molar-refractivity contribution in [3.8, 4) is 23.3 Å². The third-order valence-corrected chi connectivity index (χ3v) is 3.26. The van der Waals surface area contributed by atoms with E-state index < -0.39 is 0 Å². The number of nitrogens with two attached hydrogens (primary N) is 1. The van der Waals surface area contributed by atoms with Crippen LogP contribution in [0.4, 0.5) is 11.6 Å². The van der Waals surface area contributed by atoms with Gasteiger partial charge in [-0.05, 0) is 23.8 Å². The molecular weight excluding hydrogens is 322 g/mol. The Morgan fingerprint density at radius 1 is 1.12 bits per heavy atom. The zero-order valence-electron chi connectivity index (χ0n) is 13.9. The third-order valence-electron chi connectivity index (χ3n) is 3.26. The van der Waals surface area contributed by atoms with E-state index in [2.05, 4.69) is 14.8 Å². The molecule has 0 saturated heterocycles. The molecule has 0 amide bonds. The first-order chi connectivity index (χ1) is 12.1. The second kappa shape index (κ2) is 7.66. The van der Waals surface area contributed by atoms with Crippen molar-refractivity contribution in [2.45, 2.75) is 0 Å². The summed E-state index contributed by atoms with van der Waals surface area (Å²) in [6, 6.07) is 5.39. The predicted molar refractivity (Wildman–Crippen MR) is 92.4 cm³/mol. The Balaban J connectivity index is 2.50. The predicted octanol–water partition coefficient (Wildman–Crippen LogP) is 2.68. The van der Waals surface area contributed by atoms with Gasteiger partial charge in [-0.1, -0.05) is 12.6 Å². The number of anilines is 1. The van der Waals surface area contributed by atoms with Crippen LogP contribution >= 0.6 is 0 Å². The molecule has 25 heavy (non-hydrogen) atoms. The highest BCUT2D eigenvalue weighted by molar-refractivity contribution is 5.74. The molecule has 2 N–H and O–H groups in total. The van der Waals surface area contributed by atoms with Gasteiger partial charge in [0.15, 0.2) is 28.7 Å². The normalized spacial score (nSPS) is 10.1. The van der Waals surface area contributed by atoms with E-state index in [-0.39, 0.29) is 23.0 Å². The van der Waals surface area contributed by atoms with Gasteiger partial charge < -0.3 is 24.8 Å². The molecule has 2 rings (SSSR count). The topological polar surface area (TPSA) is 108 Å². The van der Waals surface area contributed by atoms with Gasteiger partial charge in [-0.3, -0.25) is 0 Å². The first-order valence-corrected chi connectivity index (χ1v) is 7.01. The fraction of sp³-hybridized carbons (Fsp3) is 0.176. The maximum Gasteiger partial charge on any atom is 0.312 e. The summed E-state index contributed by atoms with van der Waals surface area (Å²) >= 11 is 0. The standard InChI is InChI=1S/C17H15N5O3/c1-20-17-16(19)21-12(9-18)11(22-17)6-5-10-7-13(23-2)15(25-4)14(8-10)24-3/h5-8H,2-4H3,(H2,19,21). The quantitative estimate of drug-likeness (QED) is 0.836. The number of methoxy groups -OCH3 is 3. The van der Waals surface area contributed by atoms with Crippen LogP contribution in [-0.2, 0) is 0 Å². The first kappa shape index (κ1) is 17.6. The summed E-state index contributed by atoms with van der Waals surface area (Å²) in [6.07, 6.45) is 3.26. The average molecular weight is 337 g/mol. The van der Waals surface area contributed by atoms with Crippen molar-refractivity contribution in [3.05, 3.63) is 40.5 Å². The number of nitrogen functional groups attached to an aromatic ring is 1. The minimum atomic E-state index is -0.0727. The maximum absolute atomic E-state index is 9.16. The average Bonchev–Trinajstić information content (AvgIpc) is 2.65. The summed E-state index contributed by atoms with van der Waals surface area (Å²) in [6.45, 7) is 7.04. The molecule has 126 valence electrons. The molecule has 0 aliphatic carbocycles. The number of hydrogen-bond donors (Lipinski definition) is 1. The molecule has 0 aliphatic heterocycles. The lowest BCUT2D eigenvalue weighted by atomic mass is 10.1. The van der Waals surface area contributed by atoms with Crippen molar-refractivity contribution in [2.75, 3.05) is 27.1 Å². The number of nitrogens with zero attached hydrogens (tertiary/aromatic N) is 4. The van der Waals surface area contributed by atoms with Gasteiger partial charge in [0.25, 0.3) is 0 Å². The van der Waals surface area contributed by atoms with Crippen LogP contribution in [0.25, 0.3) is 17.0 Å². The lowest BCUT2D eigenvalue weighted by Gasteiger charge is -2.12. The summed E-state index contributed by atoms with van der Waals surface area (Å²) in [5.41, 5.74) is 6.59. The molecule has 1 heterocycles. The highest BCUT2D eigenvalue weighted by Crippen LogP contribution is 2.38. The Kier molecular flexibility index (Phi) is 5.39. The van der Waals surface area contributed by atoms with Gasteiger partial charge in [0.05, 0.1) is 21.3 Å². The van der Waals surface area contributed by atoms with Crippen LogP contribution in [0.3, 0.4) is 0 Å². The SMILES string of the molecule is [C-]#[N+]c1nc(C=Cc2cc(OC)c(OC)c(OC)c2)c(C#N)nc1N. The van der Waals surface area contributed by atoms with Crippen molar-refractivity contribution in [1.82, 2.24) is 9.97 Å². The van der Waals surface area contributed by atoms with Crippen molar-refractivity contribution in [1.29, 1.82) is 5.26 Å². The minimum absolute atomic E-state index is 0.0357. The van der Waals surface area contributed by atoms with E-state index in [1.807, 2.05) is 6.07 Å². The number of aromatic nitrogens is 2. The Morgan fingerprint density at radius 3 is 2.24 bits per heavy atom. The van der Waals surface area contributed by atoms with Gasteiger partial charge >= 0.3 is 5.82 Å². The number of ether oxygens (including phenoxy) is 3. The molecule has 8 heteroatoms. The van der Waals surface area contributed by atoms with E-state index in [4.69, 9.17) is 31.8 Å².